The summed E-state index contributed by atoms with van der Waals surface area (Å²) in [6, 6.07) is 5.89. The van der Waals surface area contributed by atoms with Crippen LogP contribution in [0.1, 0.15) is 16.9 Å². The van der Waals surface area contributed by atoms with Crippen molar-refractivity contribution in [3.8, 4) is 0 Å². The number of para-hydroxylation sites is 1. The molecule has 1 aromatic carbocycles. The number of aromatic nitrogens is 3. The van der Waals surface area contributed by atoms with Crippen LogP contribution in [0.3, 0.4) is 0 Å². The van der Waals surface area contributed by atoms with Crippen LogP contribution in [0.25, 0.3) is 0 Å². The molecule has 7 nitrogen and oxygen atoms in total. The van der Waals surface area contributed by atoms with Crippen LogP contribution >= 0.6 is 0 Å². The number of esters is 1. The Morgan fingerprint density at radius 3 is 2.86 bits per heavy atom. The molecule has 1 N–H and O–H groups in total. The number of aryl methyl sites for hydroxylation is 1. The lowest BCUT2D eigenvalue weighted by molar-refractivity contribution is -0.116. The number of carbonyl (C=O) groups excluding carboxylic acids is 2. The third-order valence-corrected chi connectivity index (χ3v) is 2.65. The highest BCUT2D eigenvalue weighted by atomic mass is 19.1. The van der Waals surface area contributed by atoms with Crippen LogP contribution in [0, 0.1) is 5.82 Å². The Hall–Kier alpha value is -2.77. The van der Waals surface area contributed by atoms with Gasteiger partial charge in [-0.15, -0.1) is 5.10 Å². The van der Waals surface area contributed by atoms with Crippen molar-refractivity contribution in [3.05, 3.63) is 42.0 Å². The van der Waals surface area contributed by atoms with Gasteiger partial charge in [0.05, 0.1) is 25.5 Å². The first-order valence-corrected chi connectivity index (χ1v) is 6.13. The van der Waals surface area contributed by atoms with E-state index < -0.39 is 11.8 Å². The Labute approximate surface area is 119 Å². The lowest BCUT2D eigenvalue weighted by atomic mass is 10.3. The summed E-state index contributed by atoms with van der Waals surface area (Å²) in [6.45, 7) is 0.213. The van der Waals surface area contributed by atoms with Crippen LogP contribution in [0.4, 0.5) is 10.1 Å². The average molecular weight is 292 g/mol. The van der Waals surface area contributed by atoms with Crippen LogP contribution < -0.4 is 5.32 Å². The Morgan fingerprint density at radius 2 is 2.14 bits per heavy atom. The molecule has 21 heavy (non-hydrogen) atoms. The summed E-state index contributed by atoms with van der Waals surface area (Å²) < 4.78 is 19.2. The lowest BCUT2D eigenvalue weighted by Crippen LogP contribution is -2.15. The third-order valence-electron chi connectivity index (χ3n) is 2.65. The van der Waals surface area contributed by atoms with Crippen molar-refractivity contribution in [2.45, 2.75) is 13.0 Å². The highest BCUT2D eigenvalue weighted by Crippen LogP contribution is 2.12. The number of carbonyl (C=O) groups is 2. The maximum Gasteiger partial charge on any atom is 0.360 e. The predicted molar refractivity (Wildman–Crippen MR) is 71.0 cm³/mol. The van der Waals surface area contributed by atoms with Crippen LogP contribution in [0.5, 0.6) is 0 Å². The van der Waals surface area contributed by atoms with Crippen LogP contribution in [-0.4, -0.2) is 34.0 Å². The van der Waals surface area contributed by atoms with Crippen molar-refractivity contribution in [2.75, 3.05) is 12.4 Å². The molecule has 2 rings (SSSR count). The molecule has 0 aliphatic carbocycles. The number of halogens is 1. The van der Waals surface area contributed by atoms with Gasteiger partial charge in [0.15, 0.2) is 5.69 Å². The number of rotatable bonds is 5. The van der Waals surface area contributed by atoms with Gasteiger partial charge in [0, 0.05) is 6.42 Å². The SMILES string of the molecule is COC(=O)c1cn(CCC(=O)Nc2ccccc2F)nn1. The Bertz CT molecular complexity index is 656. The molecular formula is C13H13FN4O3. The van der Waals surface area contributed by atoms with Crippen molar-refractivity contribution in [1.82, 2.24) is 15.0 Å². The lowest BCUT2D eigenvalue weighted by Gasteiger charge is -2.05. The summed E-state index contributed by atoms with van der Waals surface area (Å²) in [5, 5.41) is 9.76. The van der Waals surface area contributed by atoms with E-state index in [-0.39, 0.29) is 30.3 Å². The minimum atomic E-state index is -0.600. The average Bonchev–Trinajstić information content (AvgIpc) is 2.96. The summed E-state index contributed by atoms with van der Waals surface area (Å²) >= 11 is 0. The highest BCUT2D eigenvalue weighted by molar-refractivity contribution is 5.90. The number of nitrogens with zero attached hydrogens (tertiary/aromatic N) is 3. The second-order valence-electron chi connectivity index (χ2n) is 4.14. The first-order chi connectivity index (χ1) is 10.1. The van der Waals surface area contributed by atoms with Gasteiger partial charge in [0.25, 0.3) is 0 Å². The fourth-order valence-electron chi connectivity index (χ4n) is 1.60. The van der Waals surface area contributed by atoms with E-state index in [0.29, 0.717) is 0 Å². The van der Waals surface area contributed by atoms with Crippen molar-refractivity contribution in [3.63, 3.8) is 0 Å². The molecule has 1 amide bonds. The highest BCUT2D eigenvalue weighted by Gasteiger charge is 2.11. The Balaban J connectivity index is 1.88. The number of nitrogens with one attached hydrogen (secondary N) is 1. The molecule has 0 unspecified atom stereocenters. The van der Waals surface area contributed by atoms with E-state index in [1.54, 1.807) is 6.07 Å². The monoisotopic (exact) mass is 292 g/mol. The van der Waals surface area contributed by atoms with E-state index in [4.69, 9.17) is 0 Å². The van der Waals surface area contributed by atoms with Crippen LogP contribution in [0.2, 0.25) is 0 Å². The number of ether oxygens (including phenoxy) is 1. The number of hydrogen-bond acceptors (Lipinski definition) is 5. The summed E-state index contributed by atoms with van der Waals surface area (Å²) in [7, 11) is 1.24. The molecule has 0 saturated carbocycles. The molecule has 0 radical (unpaired) electrons. The molecule has 0 atom stereocenters. The minimum absolute atomic E-state index is 0.0620. The van der Waals surface area contributed by atoms with E-state index in [2.05, 4.69) is 20.4 Å². The maximum absolute atomic E-state index is 13.4. The zero-order valence-electron chi connectivity index (χ0n) is 11.2. The largest absolute Gasteiger partial charge is 0.464 e. The van der Waals surface area contributed by atoms with Crippen molar-refractivity contribution < 1.29 is 18.7 Å². The van der Waals surface area contributed by atoms with Gasteiger partial charge < -0.3 is 10.1 Å². The van der Waals surface area contributed by atoms with Crippen molar-refractivity contribution in [1.29, 1.82) is 0 Å². The number of anilines is 1. The summed E-state index contributed by atoms with van der Waals surface area (Å²) in [5.41, 5.74) is 0.184. The van der Waals surface area contributed by atoms with Gasteiger partial charge in [-0.1, -0.05) is 17.3 Å². The van der Waals surface area contributed by atoms with E-state index in [0.717, 1.165) is 0 Å². The summed E-state index contributed by atoms with van der Waals surface area (Å²) in [4.78, 5) is 22.9. The number of benzene rings is 1. The molecule has 0 spiro atoms. The molecule has 1 aromatic heterocycles. The molecule has 0 aliphatic heterocycles. The van der Waals surface area contributed by atoms with E-state index in [1.165, 1.54) is 36.2 Å². The third kappa shape index (κ3) is 3.85. The Kier molecular flexibility index (Phi) is 4.60. The molecular weight excluding hydrogens is 279 g/mol. The van der Waals surface area contributed by atoms with Gasteiger partial charge >= 0.3 is 5.97 Å². The van der Waals surface area contributed by atoms with Crippen molar-refractivity contribution in [2.24, 2.45) is 0 Å². The van der Waals surface area contributed by atoms with Gasteiger partial charge in [-0.3, -0.25) is 9.48 Å². The summed E-state index contributed by atoms with van der Waals surface area (Å²) in [6.07, 6.45) is 1.44. The molecule has 0 fully saturated rings. The predicted octanol–water partition coefficient (Wildman–Crippen LogP) is 1.23. The Morgan fingerprint density at radius 1 is 1.38 bits per heavy atom. The van der Waals surface area contributed by atoms with Crippen LogP contribution in [-0.2, 0) is 16.1 Å². The molecule has 110 valence electrons. The topological polar surface area (TPSA) is 86.1 Å². The smallest absolute Gasteiger partial charge is 0.360 e. The normalized spacial score (nSPS) is 10.2. The molecule has 2 aromatic rings. The summed E-state index contributed by atoms with van der Waals surface area (Å²) in [5.74, 6) is -1.47. The maximum atomic E-state index is 13.4. The second-order valence-corrected chi connectivity index (χ2v) is 4.14. The quantitative estimate of drug-likeness (QED) is 0.838. The minimum Gasteiger partial charge on any atom is -0.464 e. The molecule has 0 bridgehead atoms. The van der Waals surface area contributed by atoms with Crippen LogP contribution in [0.15, 0.2) is 30.5 Å². The zero-order chi connectivity index (χ0) is 15.2. The fourth-order valence-corrected chi connectivity index (χ4v) is 1.60. The fraction of sp³-hybridized carbons (Fsp3) is 0.231. The van der Waals surface area contributed by atoms with Gasteiger partial charge in [-0.2, -0.15) is 0 Å². The molecule has 1 heterocycles. The van der Waals surface area contributed by atoms with E-state index in [9.17, 15) is 14.0 Å². The number of amides is 1. The van der Waals surface area contributed by atoms with E-state index >= 15 is 0 Å². The first-order valence-electron chi connectivity index (χ1n) is 6.13. The first kappa shape index (κ1) is 14.6. The standard InChI is InChI=1S/C13H13FN4O3/c1-21-13(20)11-8-18(17-16-11)7-6-12(19)15-10-5-3-2-4-9(10)14/h2-5,8H,6-7H2,1H3,(H,15,19). The van der Waals surface area contributed by atoms with Gasteiger partial charge in [-0.25, -0.2) is 9.18 Å². The van der Waals surface area contributed by atoms with Gasteiger partial charge in [0.2, 0.25) is 5.91 Å². The zero-order valence-corrected chi connectivity index (χ0v) is 11.2. The van der Waals surface area contributed by atoms with Gasteiger partial charge in [0.1, 0.15) is 5.82 Å². The number of hydrogen-bond donors (Lipinski definition) is 1. The van der Waals surface area contributed by atoms with Gasteiger partial charge in [-0.05, 0) is 12.1 Å². The second kappa shape index (κ2) is 6.60. The molecule has 0 saturated heterocycles. The number of methoxy groups -OCH3 is 1. The molecule has 8 heteroatoms. The van der Waals surface area contributed by atoms with Crippen molar-refractivity contribution >= 4 is 17.6 Å². The van der Waals surface area contributed by atoms with E-state index in [1.807, 2.05) is 0 Å². The molecule has 0 aliphatic rings.